The number of fused-ring (bicyclic) bond motifs is 1. The molecule has 0 saturated carbocycles. The zero-order chi connectivity index (χ0) is 21.6. The first kappa shape index (κ1) is 20.7. The molecule has 2 aromatic carbocycles. The minimum absolute atomic E-state index is 0.0693. The molecule has 0 spiro atoms. The van der Waals surface area contributed by atoms with Gasteiger partial charge in [-0.25, -0.2) is 4.98 Å². The number of para-hydroxylation sites is 2. The van der Waals surface area contributed by atoms with Crippen LogP contribution in [0.5, 0.6) is 0 Å². The van der Waals surface area contributed by atoms with E-state index in [0.29, 0.717) is 29.9 Å². The number of nitrogens with one attached hydrogen (secondary N) is 2. The summed E-state index contributed by atoms with van der Waals surface area (Å²) in [5.41, 5.74) is 2.92. The second kappa shape index (κ2) is 9.50. The third-order valence-corrected chi connectivity index (χ3v) is 5.00. The van der Waals surface area contributed by atoms with E-state index in [9.17, 15) is 14.7 Å². The molecule has 1 saturated heterocycles. The highest BCUT2D eigenvalue weighted by atomic mass is 16.5. The third kappa shape index (κ3) is 4.96. The molecule has 4 rings (SSSR count). The van der Waals surface area contributed by atoms with Crippen LogP contribution < -0.4 is 15.5 Å². The summed E-state index contributed by atoms with van der Waals surface area (Å²) in [5, 5.41) is 14.8. The zero-order valence-electron chi connectivity index (χ0n) is 16.8. The smallest absolute Gasteiger partial charge is 0.272 e. The summed E-state index contributed by atoms with van der Waals surface area (Å²) >= 11 is 0. The van der Waals surface area contributed by atoms with Crippen molar-refractivity contribution in [1.82, 2.24) is 15.3 Å². The number of hydrogen-bond acceptors (Lipinski definition) is 7. The summed E-state index contributed by atoms with van der Waals surface area (Å²) in [6.45, 7) is 2.48. The maximum atomic E-state index is 12.6. The Balaban J connectivity index is 1.38. The van der Waals surface area contributed by atoms with Crippen LogP contribution in [-0.4, -0.2) is 65.8 Å². The van der Waals surface area contributed by atoms with Gasteiger partial charge in [0, 0.05) is 24.5 Å². The van der Waals surface area contributed by atoms with E-state index < -0.39 is 24.5 Å². The number of morpholine rings is 1. The quantitative estimate of drug-likeness (QED) is 0.547. The fraction of sp³-hybridized carbons (Fsp3) is 0.273. The SMILES string of the molecule is O=C(NC(CO)C(=O)Nc1ccc(N2CCOCC2)cc1)c1cnc2ccccc2n1. The Morgan fingerprint density at radius 1 is 1.06 bits per heavy atom. The molecule has 0 aliphatic carbocycles. The van der Waals surface area contributed by atoms with Crippen molar-refractivity contribution in [2.75, 3.05) is 43.1 Å². The van der Waals surface area contributed by atoms with Crippen LogP contribution in [0.2, 0.25) is 0 Å². The van der Waals surface area contributed by atoms with Crippen LogP contribution >= 0.6 is 0 Å². The van der Waals surface area contributed by atoms with E-state index in [1.807, 2.05) is 18.2 Å². The maximum Gasteiger partial charge on any atom is 0.272 e. The average Bonchev–Trinajstić information content (AvgIpc) is 2.83. The zero-order valence-corrected chi connectivity index (χ0v) is 16.8. The minimum Gasteiger partial charge on any atom is -0.394 e. The molecule has 31 heavy (non-hydrogen) atoms. The second-order valence-corrected chi connectivity index (χ2v) is 7.09. The Kier molecular flexibility index (Phi) is 6.34. The van der Waals surface area contributed by atoms with Gasteiger partial charge in [-0.05, 0) is 36.4 Å². The third-order valence-electron chi connectivity index (χ3n) is 5.00. The summed E-state index contributed by atoms with van der Waals surface area (Å²) < 4.78 is 5.36. The van der Waals surface area contributed by atoms with E-state index in [1.54, 1.807) is 30.3 Å². The number of rotatable bonds is 6. The number of ether oxygens (including phenoxy) is 1. The lowest BCUT2D eigenvalue weighted by Crippen LogP contribution is -2.46. The van der Waals surface area contributed by atoms with E-state index in [1.165, 1.54) is 6.20 Å². The van der Waals surface area contributed by atoms with Gasteiger partial charge in [0.05, 0.1) is 37.1 Å². The molecule has 160 valence electrons. The van der Waals surface area contributed by atoms with E-state index in [4.69, 9.17) is 4.74 Å². The van der Waals surface area contributed by atoms with Crippen LogP contribution in [0.3, 0.4) is 0 Å². The highest BCUT2D eigenvalue weighted by molar-refractivity contribution is 6.01. The second-order valence-electron chi connectivity index (χ2n) is 7.09. The molecular weight excluding hydrogens is 398 g/mol. The van der Waals surface area contributed by atoms with Crippen molar-refractivity contribution in [3.63, 3.8) is 0 Å². The van der Waals surface area contributed by atoms with Gasteiger partial charge in [0.25, 0.3) is 5.91 Å². The normalized spacial score (nSPS) is 14.8. The van der Waals surface area contributed by atoms with Gasteiger partial charge in [-0.15, -0.1) is 0 Å². The first-order valence-corrected chi connectivity index (χ1v) is 10.0. The Hall–Kier alpha value is -3.56. The van der Waals surface area contributed by atoms with Gasteiger partial charge in [0.2, 0.25) is 5.91 Å². The van der Waals surface area contributed by atoms with Crippen molar-refractivity contribution in [3.05, 3.63) is 60.4 Å². The number of anilines is 2. The van der Waals surface area contributed by atoms with Crippen molar-refractivity contribution >= 4 is 34.2 Å². The first-order chi connectivity index (χ1) is 15.1. The molecule has 2 heterocycles. The highest BCUT2D eigenvalue weighted by Crippen LogP contribution is 2.19. The molecule has 3 N–H and O–H groups in total. The lowest BCUT2D eigenvalue weighted by Gasteiger charge is -2.29. The maximum absolute atomic E-state index is 12.6. The number of aliphatic hydroxyl groups is 1. The average molecular weight is 421 g/mol. The van der Waals surface area contributed by atoms with Crippen molar-refractivity contribution in [1.29, 1.82) is 0 Å². The lowest BCUT2D eigenvalue weighted by atomic mass is 10.2. The van der Waals surface area contributed by atoms with Gasteiger partial charge in [-0.2, -0.15) is 0 Å². The number of hydrogen-bond donors (Lipinski definition) is 3. The number of amides is 2. The summed E-state index contributed by atoms with van der Waals surface area (Å²) in [6.07, 6.45) is 1.34. The number of carbonyl (C=O) groups is 2. The van der Waals surface area contributed by atoms with E-state index in [0.717, 1.165) is 18.8 Å². The monoisotopic (exact) mass is 421 g/mol. The molecule has 2 amide bonds. The van der Waals surface area contributed by atoms with Crippen LogP contribution in [-0.2, 0) is 9.53 Å². The Bertz CT molecular complexity index is 1070. The van der Waals surface area contributed by atoms with Gasteiger partial charge < -0.3 is 25.4 Å². The van der Waals surface area contributed by atoms with Gasteiger partial charge >= 0.3 is 0 Å². The number of aliphatic hydroxyl groups excluding tert-OH is 1. The van der Waals surface area contributed by atoms with E-state index >= 15 is 0 Å². The number of nitrogens with zero attached hydrogens (tertiary/aromatic N) is 3. The van der Waals surface area contributed by atoms with Gasteiger partial charge in [0.1, 0.15) is 11.7 Å². The fourth-order valence-electron chi connectivity index (χ4n) is 3.30. The number of aromatic nitrogens is 2. The largest absolute Gasteiger partial charge is 0.394 e. The molecule has 1 atom stereocenters. The summed E-state index contributed by atoms with van der Waals surface area (Å²) in [5.74, 6) is -1.11. The first-order valence-electron chi connectivity index (χ1n) is 10.0. The molecule has 9 heteroatoms. The molecular formula is C22H23N5O4. The van der Waals surface area contributed by atoms with Gasteiger partial charge in [-0.1, -0.05) is 12.1 Å². The molecule has 1 aliphatic heterocycles. The predicted molar refractivity (Wildman–Crippen MR) is 116 cm³/mol. The highest BCUT2D eigenvalue weighted by Gasteiger charge is 2.22. The summed E-state index contributed by atoms with van der Waals surface area (Å²) in [4.78, 5) is 35.7. The van der Waals surface area contributed by atoms with Gasteiger partial charge in [-0.3, -0.25) is 14.6 Å². The molecule has 9 nitrogen and oxygen atoms in total. The predicted octanol–water partition coefficient (Wildman–Crippen LogP) is 1.20. The Morgan fingerprint density at radius 2 is 1.77 bits per heavy atom. The standard InChI is InChI=1S/C22H23N5O4/c28-14-20(26-21(29)19-13-23-17-3-1-2-4-18(17)25-19)22(30)24-15-5-7-16(8-6-15)27-9-11-31-12-10-27/h1-8,13,20,28H,9-12,14H2,(H,24,30)(H,26,29). The number of benzene rings is 2. The minimum atomic E-state index is -1.13. The van der Waals surface area contributed by atoms with Crippen LogP contribution in [0, 0.1) is 0 Å². The van der Waals surface area contributed by atoms with E-state index in [2.05, 4.69) is 25.5 Å². The van der Waals surface area contributed by atoms with Gasteiger partial charge in [0.15, 0.2) is 0 Å². The summed E-state index contributed by atoms with van der Waals surface area (Å²) in [6, 6.07) is 13.4. The Morgan fingerprint density at radius 3 is 2.48 bits per heavy atom. The van der Waals surface area contributed by atoms with E-state index in [-0.39, 0.29) is 5.69 Å². The van der Waals surface area contributed by atoms with Crippen LogP contribution in [0.15, 0.2) is 54.7 Å². The Labute approximate surface area is 179 Å². The molecule has 1 aromatic heterocycles. The van der Waals surface area contributed by atoms with Crippen LogP contribution in [0.1, 0.15) is 10.5 Å². The molecule has 3 aromatic rings. The molecule has 1 aliphatic rings. The summed E-state index contributed by atoms with van der Waals surface area (Å²) in [7, 11) is 0. The van der Waals surface area contributed by atoms with Crippen molar-refractivity contribution in [2.24, 2.45) is 0 Å². The fourth-order valence-corrected chi connectivity index (χ4v) is 3.30. The van der Waals surface area contributed by atoms with Crippen molar-refractivity contribution in [3.8, 4) is 0 Å². The molecule has 1 fully saturated rings. The van der Waals surface area contributed by atoms with Crippen molar-refractivity contribution in [2.45, 2.75) is 6.04 Å². The van der Waals surface area contributed by atoms with Crippen LogP contribution in [0.25, 0.3) is 11.0 Å². The number of carbonyl (C=O) groups excluding carboxylic acids is 2. The molecule has 0 bridgehead atoms. The van der Waals surface area contributed by atoms with Crippen LogP contribution in [0.4, 0.5) is 11.4 Å². The molecule has 1 unspecified atom stereocenters. The topological polar surface area (TPSA) is 117 Å². The lowest BCUT2D eigenvalue weighted by molar-refractivity contribution is -0.118. The molecule has 0 radical (unpaired) electrons. The van der Waals surface area contributed by atoms with Crippen molar-refractivity contribution < 1.29 is 19.4 Å².